The van der Waals surface area contributed by atoms with E-state index in [-0.39, 0.29) is 29.3 Å². The summed E-state index contributed by atoms with van der Waals surface area (Å²) in [5.41, 5.74) is 3.89. The van der Waals surface area contributed by atoms with E-state index in [0.717, 1.165) is 36.0 Å². The number of imidazole rings is 1. The molecule has 2 amide bonds. The number of carbonyl (C=O) groups is 1. The summed E-state index contributed by atoms with van der Waals surface area (Å²) in [6.07, 6.45) is 1.78. The Labute approximate surface area is 175 Å². The summed E-state index contributed by atoms with van der Waals surface area (Å²) in [5.74, 6) is 0.728. The summed E-state index contributed by atoms with van der Waals surface area (Å²) in [6.45, 7) is 3.19. The molecule has 0 radical (unpaired) electrons. The molecular weight excluding hydrogens is 378 g/mol. The molecule has 156 valence electrons. The van der Waals surface area contributed by atoms with Gasteiger partial charge in [0, 0.05) is 18.5 Å². The topological polar surface area (TPSA) is 84.5 Å². The molecule has 1 saturated heterocycles. The number of aromatic hydroxyl groups is 1. The van der Waals surface area contributed by atoms with Crippen molar-refractivity contribution in [3.05, 3.63) is 53.6 Å². The second-order valence-electron chi connectivity index (χ2n) is 8.85. The normalized spacial score (nSPS) is 25.7. The first-order valence-electron chi connectivity index (χ1n) is 10.4. The maximum absolute atomic E-state index is 13.2. The Morgan fingerprint density at radius 2 is 2.13 bits per heavy atom. The number of anilines is 1. The van der Waals surface area contributed by atoms with Gasteiger partial charge in [0.05, 0.1) is 17.1 Å². The molecule has 2 heterocycles. The summed E-state index contributed by atoms with van der Waals surface area (Å²) in [7, 11) is 3.99. The third kappa shape index (κ3) is 2.84. The van der Waals surface area contributed by atoms with E-state index in [0.29, 0.717) is 5.95 Å². The molecule has 0 saturated carbocycles. The number of phenolic OH excluding ortho intramolecular Hbond substituents is 1. The van der Waals surface area contributed by atoms with E-state index in [2.05, 4.69) is 34.2 Å². The predicted molar refractivity (Wildman–Crippen MR) is 117 cm³/mol. The van der Waals surface area contributed by atoms with Gasteiger partial charge in [-0.3, -0.25) is 5.32 Å². The number of nitrogens with one attached hydrogen (secondary N) is 2. The first kappa shape index (κ1) is 18.9. The number of benzene rings is 2. The lowest BCUT2D eigenvalue weighted by Gasteiger charge is -2.57. The van der Waals surface area contributed by atoms with E-state index in [4.69, 9.17) is 0 Å². The van der Waals surface area contributed by atoms with Gasteiger partial charge in [-0.1, -0.05) is 25.1 Å². The maximum Gasteiger partial charge on any atom is 0.324 e. The first-order valence-corrected chi connectivity index (χ1v) is 10.4. The van der Waals surface area contributed by atoms with E-state index < -0.39 is 0 Å². The molecule has 3 unspecified atom stereocenters. The maximum atomic E-state index is 13.2. The molecule has 3 aromatic rings. The van der Waals surface area contributed by atoms with Crippen LogP contribution in [0, 0.1) is 0 Å². The van der Waals surface area contributed by atoms with Crippen LogP contribution in [0.15, 0.2) is 42.5 Å². The van der Waals surface area contributed by atoms with E-state index in [1.807, 2.05) is 48.3 Å². The van der Waals surface area contributed by atoms with Crippen molar-refractivity contribution >= 4 is 23.0 Å². The molecule has 30 heavy (non-hydrogen) atoms. The van der Waals surface area contributed by atoms with Crippen LogP contribution < -0.4 is 5.32 Å². The molecule has 1 aliphatic carbocycles. The fourth-order valence-corrected chi connectivity index (χ4v) is 5.46. The lowest BCUT2D eigenvalue weighted by molar-refractivity contribution is 0.0213. The number of para-hydroxylation sites is 2. The number of urea groups is 1. The third-order valence-electron chi connectivity index (χ3n) is 7.06. The lowest BCUT2D eigenvalue weighted by Crippen LogP contribution is -2.67. The molecule has 0 spiro atoms. The largest absolute Gasteiger partial charge is 0.508 e. The average Bonchev–Trinajstić information content (AvgIpc) is 3.13. The van der Waals surface area contributed by atoms with Crippen LogP contribution in [0.5, 0.6) is 5.75 Å². The quantitative estimate of drug-likeness (QED) is 0.611. The minimum atomic E-state index is -0.233. The molecular formula is C23H27N5O2. The number of nitrogens with zero attached hydrogens (tertiary/aromatic N) is 3. The number of H-pyrrole nitrogens is 1. The van der Waals surface area contributed by atoms with Gasteiger partial charge >= 0.3 is 6.03 Å². The Bertz CT molecular complexity index is 1090. The van der Waals surface area contributed by atoms with E-state index in [1.165, 1.54) is 5.56 Å². The second-order valence-corrected chi connectivity index (χ2v) is 8.85. The molecule has 1 fully saturated rings. The highest BCUT2D eigenvalue weighted by Crippen LogP contribution is 2.47. The van der Waals surface area contributed by atoms with Gasteiger partial charge < -0.3 is 19.9 Å². The van der Waals surface area contributed by atoms with Crippen LogP contribution in [0.1, 0.15) is 24.5 Å². The number of amides is 2. The van der Waals surface area contributed by atoms with Crippen LogP contribution >= 0.6 is 0 Å². The van der Waals surface area contributed by atoms with Gasteiger partial charge in [0.1, 0.15) is 5.75 Å². The van der Waals surface area contributed by atoms with Gasteiger partial charge in [0.15, 0.2) is 0 Å². The van der Waals surface area contributed by atoms with Gasteiger partial charge in [0.2, 0.25) is 5.95 Å². The Morgan fingerprint density at radius 1 is 1.33 bits per heavy atom. The highest BCUT2D eigenvalue weighted by atomic mass is 16.3. The third-order valence-corrected chi connectivity index (χ3v) is 7.06. The van der Waals surface area contributed by atoms with Crippen LogP contribution in [-0.2, 0) is 11.8 Å². The van der Waals surface area contributed by atoms with Crippen molar-refractivity contribution in [2.45, 2.75) is 37.3 Å². The Balaban J connectivity index is 1.47. The van der Waals surface area contributed by atoms with Gasteiger partial charge in [-0.2, -0.15) is 0 Å². The zero-order chi connectivity index (χ0) is 21.0. The highest BCUT2D eigenvalue weighted by molar-refractivity contribution is 5.90. The average molecular weight is 406 g/mol. The molecule has 3 N–H and O–H groups in total. The number of aromatic amines is 1. The molecule has 2 aromatic carbocycles. The standard InChI is InChI=1S/C23H27N5O2/c1-23-10-11-27(2)19(12-14-8-9-15(29)13-16(14)23)20(23)28(3)22(30)26-21-24-17-6-4-5-7-18(17)25-21/h4-9,13,19-20,29H,10-12H2,1-3H3,(H2,24,25,26,30). The molecule has 2 bridgehead atoms. The first-order chi connectivity index (χ1) is 14.4. The lowest BCUT2D eigenvalue weighted by atomic mass is 9.61. The van der Waals surface area contributed by atoms with E-state index in [1.54, 1.807) is 6.07 Å². The van der Waals surface area contributed by atoms with Crippen LogP contribution in [0.3, 0.4) is 0 Å². The Morgan fingerprint density at radius 3 is 2.93 bits per heavy atom. The smallest absolute Gasteiger partial charge is 0.324 e. The molecule has 1 aliphatic heterocycles. The van der Waals surface area contributed by atoms with Crippen molar-refractivity contribution in [1.82, 2.24) is 19.8 Å². The Kier molecular flexibility index (Phi) is 4.25. The van der Waals surface area contributed by atoms with E-state index >= 15 is 0 Å². The van der Waals surface area contributed by atoms with Crippen molar-refractivity contribution in [2.75, 3.05) is 26.0 Å². The zero-order valence-electron chi connectivity index (χ0n) is 17.5. The molecule has 1 aromatic heterocycles. The number of hydrogen-bond acceptors (Lipinski definition) is 4. The summed E-state index contributed by atoms with van der Waals surface area (Å²) < 4.78 is 0. The van der Waals surface area contributed by atoms with Crippen molar-refractivity contribution in [1.29, 1.82) is 0 Å². The van der Waals surface area contributed by atoms with Crippen molar-refractivity contribution in [2.24, 2.45) is 0 Å². The SMILES string of the molecule is CN1CCC2(C)c3cc(O)ccc3CC1C2N(C)C(=O)Nc1nc2ccccc2[nH]1. The van der Waals surface area contributed by atoms with Crippen molar-refractivity contribution < 1.29 is 9.90 Å². The highest BCUT2D eigenvalue weighted by Gasteiger charge is 2.52. The fraction of sp³-hybridized carbons (Fsp3) is 0.391. The Hall–Kier alpha value is -3.06. The molecule has 3 atom stereocenters. The molecule has 2 aliphatic rings. The number of rotatable bonds is 2. The van der Waals surface area contributed by atoms with Gasteiger partial charge in [-0.05, 0) is 61.8 Å². The predicted octanol–water partition coefficient (Wildman–Crippen LogP) is 3.32. The van der Waals surface area contributed by atoms with Gasteiger partial charge in [-0.25, -0.2) is 9.78 Å². The number of aromatic nitrogens is 2. The number of hydrogen-bond donors (Lipinski definition) is 3. The van der Waals surface area contributed by atoms with Gasteiger partial charge in [0.25, 0.3) is 0 Å². The number of phenols is 1. The molecule has 5 rings (SSSR count). The van der Waals surface area contributed by atoms with Crippen LogP contribution in [0.4, 0.5) is 10.7 Å². The van der Waals surface area contributed by atoms with Gasteiger partial charge in [-0.15, -0.1) is 0 Å². The van der Waals surface area contributed by atoms with Crippen molar-refractivity contribution in [3.63, 3.8) is 0 Å². The van der Waals surface area contributed by atoms with Crippen LogP contribution in [0.2, 0.25) is 0 Å². The van der Waals surface area contributed by atoms with Crippen LogP contribution in [0.25, 0.3) is 11.0 Å². The number of piperidine rings is 1. The summed E-state index contributed by atoms with van der Waals surface area (Å²) in [4.78, 5) is 25.0. The van der Waals surface area contributed by atoms with Crippen molar-refractivity contribution in [3.8, 4) is 5.75 Å². The minimum absolute atomic E-state index is 0.0186. The minimum Gasteiger partial charge on any atom is -0.508 e. The molecule has 7 heteroatoms. The second kappa shape index (κ2) is 6.74. The van der Waals surface area contributed by atoms with Crippen LogP contribution in [-0.4, -0.2) is 63.6 Å². The summed E-state index contributed by atoms with van der Waals surface area (Å²) >= 11 is 0. The monoisotopic (exact) mass is 405 g/mol. The summed E-state index contributed by atoms with van der Waals surface area (Å²) in [5, 5.41) is 13.1. The number of likely N-dealkylation sites (tertiary alicyclic amines) is 1. The number of fused-ring (bicyclic) bond motifs is 5. The zero-order valence-corrected chi connectivity index (χ0v) is 17.5. The number of carbonyl (C=O) groups excluding carboxylic acids is 1. The number of likely N-dealkylation sites (N-methyl/N-ethyl adjacent to an activating group) is 2. The van der Waals surface area contributed by atoms with E-state index in [9.17, 15) is 9.90 Å². The fourth-order valence-electron chi connectivity index (χ4n) is 5.46. The molecule has 7 nitrogen and oxygen atoms in total. The summed E-state index contributed by atoms with van der Waals surface area (Å²) in [6, 6.07) is 13.4.